The van der Waals surface area contributed by atoms with Crippen molar-refractivity contribution in [1.29, 1.82) is 0 Å². The Morgan fingerprint density at radius 3 is 2.53 bits per heavy atom. The first-order valence-electron chi connectivity index (χ1n) is 10.9. The van der Waals surface area contributed by atoms with Crippen molar-refractivity contribution >= 4 is 31.8 Å². The van der Waals surface area contributed by atoms with Crippen LogP contribution in [0.4, 0.5) is 5.82 Å². The molecule has 0 aliphatic rings. The first-order chi connectivity index (χ1) is 15.3. The summed E-state index contributed by atoms with van der Waals surface area (Å²) >= 11 is 0. The Labute approximate surface area is 192 Å². The third-order valence-corrected chi connectivity index (χ3v) is 6.72. The summed E-state index contributed by atoms with van der Waals surface area (Å²) in [4.78, 5) is 22.8. The van der Waals surface area contributed by atoms with E-state index in [0.717, 1.165) is 12.1 Å². The van der Waals surface area contributed by atoms with Gasteiger partial charge in [0.1, 0.15) is 12.9 Å². The number of hydrogen-bond donors (Lipinski definition) is 0. The summed E-state index contributed by atoms with van der Waals surface area (Å²) in [6.45, 7) is 18.9. The van der Waals surface area contributed by atoms with Gasteiger partial charge in [0, 0.05) is 26.2 Å². The van der Waals surface area contributed by atoms with Crippen LogP contribution in [0.25, 0.3) is 16.0 Å². The molecule has 176 valence electrons. The quantitative estimate of drug-likeness (QED) is 0.145. The van der Waals surface area contributed by atoms with Gasteiger partial charge in [-0.25, -0.2) is 31.2 Å². The van der Waals surface area contributed by atoms with Crippen LogP contribution in [-0.4, -0.2) is 80.9 Å². The van der Waals surface area contributed by atoms with Gasteiger partial charge in [-0.05, 0) is 34.1 Å². The summed E-state index contributed by atoms with van der Waals surface area (Å²) in [6.07, 6.45) is 5.65. The van der Waals surface area contributed by atoms with Crippen molar-refractivity contribution in [2.75, 3.05) is 27.2 Å². The Morgan fingerprint density at radius 2 is 1.94 bits per heavy atom. The zero-order chi connectivity index (χ0) is 23.7. The maximum Gasteiger partial charge on any atom is 0.259 e. The number of rotatable bonds is 13. The molecule has 2 aromatic heterocycles. The SMILES string of the molecule is [C-]#[N+]CCOP(O[C@H](CC)Cn1cnc2c(N=CN(C)C)ncnc21)N(C(C)C)C(C)C. The monoisotopic (exact) mass is 462 g/mol. The summed E-state index contributed by atoms with van der Waals surface area (Å²) in [5.74, 6) is 0.534. The molecular weight excluding hydrogens is 427 g/mol. The normalized spacial score (nSPS) is 14.0. The molecule has 32 heavy (non-hydrogen) atoms. The second kappa shape index (κ2) is 12.8. The highest BCUT2D eigenvalue weighted by Crippen LogP contribution is 2.47. The van der Waals surface area contributed by atoms with Gasteiger partial charge in [-0.15, -0.1) is 0 Å². The summed E-state index contributed by atoms with van der Waals surface area (Å²) in [5, 5.41) is 0. The molecule has 2 aromatic rings. The van der Waals surface area contributed by atoms with E-state index >= 15 is 0 Å². The molecule has 2 rings (SSSR count). The maximum absolute atomic E-state index is 7.04. The van der Waals surface area contributed by atoms with E-state index in [1.807, 2.05) is 23.6 Å². The molecule has 0 bridgehead atoms. The smallest absolute Gasteiger partial charge is 0.259 e. The van der Waals surface area contributed by atoms with Crippen LogP contribution in [0.3, 0.4) is 0 Å². The number of fused-ring (bicyclic) bond motifs is 1. The molecule has 11 heteroatoms. The van der Waals surface area contributed by atoms with E-state index in [2.05, 4.69) is 64.1 Å². The topological polar surface area (TPSA) is 85.3 Å². The van der Waals surface area contributed by atoms with Crippen molar-refractivity contribution in [1.82, 2.24) is 29.1 Å². The average Bonchev–Trinajstić information content (AvgIpc) is 3.14. The minimum Gasteiger partial charge on any atom is -0.369 e. The average molecular weight is 463 g/mol. The Bertz CT molecular complexity index is 901. The minimum absolute atomic E-state index is 0.102. The zero-order valence-corrected chi connectivity index (χ0v) is 21.0. The van der Waals surface area contributed by atoms with E-state index in [1.165, 1.54) is 6.33 Å². The highest BCUT2D eigenvalue weighted by Gasteiger charge is 2.30. The minimum atomic E-state index is -1.31. The summed E-state index contributed by atoms with van der Waals surface area (Å²) in [5.41, 5.74) is 1.37. The van der Waals surface area contributed by atoms with Gasteiger partial charge in [-0.1, -0.05) is 6.92 Å². The third-order valence-electron chi connectivity index (χ3n) is 4.54. The largest absolute Gasteiger partial charge is 0.369 e. The van der Waals surface area contributed by atoms with Gasteiger partial charge in [0.25, 0.3) is 8.53 Å². The molecule has 0 fully saturated rings. The Balaban J connectivity index is 2.24. The fourth-order valence-electron chi connectivity index (χ4n) is 3.14. The molecule has 0 spiro atoms. The van der Waals surface area contributed by atoms with E-state index in [0.29, 0.717) is 31.0 Å². The predicted molar refractivity (Wildman–Crippen MR) is 129 cm³/mol. The fraction of sp³-hybridized carbons (Fsp3) is 0.667. The lowest BCUT2D eigenvalue weighted by atomic mass is 10.3. The Kier molecular flexibility index (Phi) is 10.4. The molecule has 0 N–H and O–H groups in total. The molecule has 2 atom stereocenters. The molecule has 0 saturated carbocycles. The van der Waals surface area contributed by atoms with Crippen LogP contribution in [0.1, 0.15) is 41.0 Å². The number of aliphatic imine (C=N–C) groups is 1. The van der Waals surface area contributed by atoms with Crippen molar-refractivity contribution in [3.63, 3.8) is 0 Å². The number of aromatic nitrogens is 4. The lowest BCUT2D eigenvalue weighted by molar-refractivity contribution is 0.120. The molecule has 0 aromatic carbocycles. The van der Waals surface area contributed by atoms with Gasteiger partial charge in [0.05, 0.1) is 25.3 Å². The van der Waals surface area contributed by atoms with E-state index < -0.39 is 8.53 Å². The molecule has 1 unspecified atom stereocenters. The second-order valence-electron chi connectivity index (χ2n) is 8.13. The van der Waals surface area contributed by atoms with Crippen LogP contribution in [0.2, 0.25) is 0 Å². The fourth-order valence-corrected chi connectivity index (χ4v) is 4.91. The van der Waals surface area contributed by atoms with Gasteiger partial charge in [0.15, 0.2) is 17.0 Å². The number of imidazole rings is 1. The third kappa shape index (κ3) is 7.17. The van der Waals surface area contributed by atoms with E-state index in [1.54, 1.807) is 12.7 Å². The molecule has 0 radical (unpaired) electrons. The van der Waals surface area contributed by atoms with Crippen LogP contribution < -0.4 is 0 Å². The van der Waals surface area contributed by atoms with Crippen LogP contribution in [-0.2, 0) is 15.6 Å². The van der Waals surface area contributed by atoms with Crippen molar-refractivity contribution in [3.8, 4) is 0 Å². The van der Waals surface area contributed by atoms with Gasteiger partial charge in [-0.3, -0.25) is 0 Å². The van der Waals surface area contributed by atoms with Crippen molar-refractivity contribution in [2.24, 2.45) is 4.99 Å². The Hall–Kier alpha value is -2.18. The zero-order valence-electron chi connectivity index (χ0n) is 20.1. The first-order valence-corrected chi connectivity index (χ1v) is 12.0. The summed E-state index contributed by atoms with van der Waals surface area (Å²) in [6, 6.07) is 0.510. The summed E-state index contributed by atoms with van der Waals surface area (Å²) < 4.78 is 16.8. The number of nitrogens with zero attached hydrogens (tertiary/aromatic N) is 8. The van der Waals surface area contributed by atoms with Gasteiger partial charge in [0.2, 0.25) is 6.54 Å². The molecule has 2 heterocycles. The number of hydrogen-bond acceptors (Lipinski definition) is 7. The van der Waals surface area contributed by atoms with Crippen molar-refractivity contribution < 1.29 is 9.05 Å². The van der Waals surface area contributed by atoms with Crippen LogP contribution in [0.5, 0.6) is 0 Å². The molecule has 0 aliphatic carbocycles. The van der Waals surface area contributed by atoms with E-state index in [4.69, 9.17) is 15.6 Å². The highest BCUT2D eigenvalue weighted by atomic mass is 31.2. The molecular formula is C21H35N8O2P. The van der Waals surface area contributed by atoms with E-state index in [9.17, 15) is 0 Å². The molecule has 10 nitrogen and oxygen atoms in total. The lowest BCUT2D eigenvalue weighted by Gasteiger charge is -2.37. The predicted octanol–water partition coefficient (Wildman–Crippen LogP) is 4.12. The standard InChI is InChI=1S/C21H35N8O2P/c1-9-18(31-32(30-11-10-22-6)29(16(2)3)17(4)5)12-28-15-25-19-20(26-14-27(7)8)23-13-24-21(19)28/h13-18H,9-12H2,1-5,7-8H3/t18-,32?/m1/s1. The van der Waals surface area contributed by atoms with Crippen molar-refractivity contribution in [2.45, 2.75) is 65.8 Å². The maximum atomic E-state index is 7.04. The molecule has 0 amide bonds. The Morgan fingerprint density at radius 1 is 1.22 bits per heavy atom. The first kappa shape index (κ1) is 26.1. The summed E-state index contributed by atoms with van der Waals surface area (Å²) in [7, 11) is 2.50. The van der Waals surface area contributed by atoms with Gasteiger partial charge < -0.3 is 23.4 Å². The highest BCUT2D eigenvalue weighted by molar-refractivity contribution is 7.44. The van der Waals surface area contributed by atoms with Crippen molar-refractivity contribution in [3.05, 3.63) is 24.1 Å². The van der Waals surface area contributed by atoms with Gasteiger partial charge >= 0.3 is 0 Å². The van der Waals surface area contributed by atoms with Crippen LogP contribution >= 0.6 is 8.53 Å². The van der Waals surface area contributed by atoms with Crippen LogP contribution in [0, 0.1) is 6.57 Å². The van der Waals surface area contributed by atoms with Gasteiger partial charge in [-0.2, -0.15) is 0 Å². The second-order valence-corrected chi connectivity index (χ2v) is 9.54. The van der Waals surface area contributed by atoms with E-state index in [-0.39, 0.29) is 18.2 Å². The molecule has 0 saturated heterocycles. The molecule has 0 aliphatic heterocycles. The lowest BCUT2D eigenvalue weighted by Crippen LogP contribution is -2.35. The van der Waals surface area contributed by atoms with Crippen LogP contribution in [0.15, 0.2) is 17.6 Å².